The van der Waals surface area contributed by atoms with E-state index in [0.717, 1.165) is 5.56 Å². The van der Waals surface area contributed by atoms with Crippen LogP contribution in [-0.4, -0.2) is 14.3 Å². The molecule has 0 aromatic carbocycles. The molecule has 0 amide bonds. The molecule has 78 valence electrons. The van der Waals surface area contributed by atoms with Crippen LogP contribution in [0.25, 0.3) is 5.82 Å². The molecule has 0 radical (unpaired) electrons. The highest BCUT2D eigenvalue weighted by Crippen LogP contribution is 2.05. The minimum atomic E-state index is -0.237. The van der Waals surface area contributed by atoms with Crippen LogP contribution in [0.15, 0.2) is 29.3 Å². The topological polar surface area (TPSA) is 65.8 Å². The highest BCUT2D eigenvalue weighted by atomic mass is 16.1. The van der Waals surface area contributed by atoms with Gasteiger partial charge in [-0.15, -0.1) is 0 Å². The molecular formula is C10H12N4O. The Morgan fingerprint density at radius 3 is 2.80 bits per heavy atom. The molecule has 0 saturated heterocycles. The Balaban J connectivity index is 2.67. The Bertz CT molecular complexity index is 553. The summed E-state index contributed by atoms with van der Waals surface area (Å²) in [7, 11) is 1.80. The summed E-state index contributed by atoms with van der Waals surface area (Å²) < 4.78 is 3.09. The van der Waals surface area contributed by atoms with E-state index in [-0.39, 0.29) is 11.2 Å². The number of pyridine rings is 1. The molecule has 0 bridgehead atoms. The van der Waals surface area contributed by atoms with E-state index >= 15 is 0 Å². The van der Waals surface area contributed by atoms with Crippen molar-refractivity contribution in [3.63, 3.8) is 0 Å². The van der Waals surface area contributed by atoms with Gasteiger partial charge in [0.15, 0.2) is 5.82 Å². The van der Waals surface area contributed by atoms with Crippen molar-refractivity contribution in [2.75, 3.05) is 5.73 Å². The molecule has 2 aromatic heterocycles. The number of hydrogen-bond acceptors (Lipinski definition) is 3. The number of anilines is 1. The van der Waals surface area contributed by atoms with Crippen LogP contribution in [0.3, 0.4) is 0 Å². The smallest absolute Gasteiger partial charge is 0.279 e. The van der Waals surface area contributed by atoms with Crippen molar-refractivity contribution in [2.24, 2.45) is 7.05 Å². The first-order chi connectivity index (χ1) is 7.08. The van der Waals surface area contributed by atoms with E-state index in [4.69, 9.17) is 5.73 Å². The molecule has 0 spiro atoms. The van der Waals surface area contributed by atoms with Gasteiger partial charge < -0.3 is 5.73 Å². The third kappa shape index (κ3) is 1.63. The molecule has 2 rings (SSSR count). The lowest BCUT2D eigenvalue weighted by atomic mass is 10.3. The average molecular weight is 204 g/mol. The van der Waals surface area contributed by atoms with E-state index in [1.807, 2.05) is 6.92 Å². The SMILES string of the molecule is Cc1cc(N)c(=O)n(-c2ccn(C)n2)c1. The minimum absolute atomic E-state index is 0.237. The lowest BCUT2D eigenvalue weighted by Gasteiger charge is -2.04. The second-order valence-electron chi connectivity index (χ2n) is 3.50. The molecule has 5 nitrogen and oxygen atoms in total. The van der Waals surface area contributed by atoms with E-state index in [1.54, 1.807) is 36.3 Å². The number of nitrogens with two attached hydrogens (primary N) is 1. The fraction of sp³-hybridized carbons (Fsp3) is 0.200. The number of rotatable bonds is 1. The van der Waals surface area contributed by atoms with Crippen LogP contribution in [-0.2, 0) is 7.05 Å². The molecule has 5 heteroatoms. The monoisotopic (exact) mass is 204 g/mol. The maximum absolute atomic E-state index is 11.7. The summed E-state index contributed by atoms with van der Waals surface area (Å²) in [5, 5.41) is 4.15. The zero-order chi connectivity index (χ0) is 11.0. The molecule has 2 heterocycles. The molecule has 0 saturated carbocycles. The lowest BCUT2D eigenvalue weighted by molar-refractivity contribution is 0.746. The van der Waals surface area contributed by atoms with Gasteiger partial charge in [0.1, 0.15) is 0 Å². The summed E-state index contributed by atoms with van der Waals surface area (Å²) in [6, 6.07) is 3.42. The van der Waals surface area contributed by atoms with Crippen LogP contribution in [0.4, 0.5) is 5.69 Å². The van der Waals surface area contributed by atoms with E-state index in [1.165, 1.54) is 4.57 Å². The number of nitrogens with zero attached hydrogens (tertiary/aromatic N) is 3. The second kappa shape index (κ2) is 3.27. The number of nitrogen functional groups attached to an aromatic ring is 1. The highest BCUT2D eigenvalue weighted by Gasteiger charge is 2.05. The molecule has 2 N–H and O–H groups in total. The molecular weight excluding hydrogens is 192 g/mol. The van der Waals surface area contributed by atoms with Gasteiger partial charge in [-0.1, -0.05) is 0 Å². The molecule has 0 aliphatic carbocycles. The molecule has 0 aliphatic heterocycles. The van der Waals surface area contributed by atoms with E-state index in [0.29, 0.717) is 5.82 Å². The molecule has 0 aliphatic rings. The average Bonchev–Trinajstić information content (AvgIpc) is 2.58. The number of aromatic nitrogens is 3. The standard InChI is InChI=1S/C10H12N4O/c1-7-5-8(11)10(15)14(6-7)9-3-4-13(2)12-9/h3-6H,11H2,1-2H3. The fourth-order valence-electron chi connectivity index (χ4n) is 1.45. The van der Waals surface area contributed by atoms with Crippen molar-refractivity contribution < 1.29 is 0 Å². The van der Waals surface area contributed by atoms with Gasteiger partial charge >= 0.3 is 0 Å². The predicted molar refractivity (Wildman–Crippen MR) is 58.0 cm³/mol. The summed E-state index contributed by atoms with van der Waals surface area (Å²) in [5.74, 6) is 0.581. The van der Waals surface area contributed by atoms with Crippen molar-refractivity contribution in [1.82, 2.24) is 14.3 Å². The Morgan fingerprint density at radius 2 is 2.20 bits per heavy atom. The number of aryl methyl sites for hydroxylation is 2. The zero-order valence-corrected chi connectivity index (χ0v) is 8.64. The first kappa shape index (κ1) is 9.51. The van der Waals surface area contributed by atoms with Crippen LogP contribution in [0.1, 0.15) is 5.56 Å². The maximum Gasteiger partial charge on any atom is 0.279 e. The van der Waals surface area contributed by atoms with Gasteiger partial charge in [0, 0.05) is 25.5 Å². The Morgan fingerprint density at radius 1 is 1.47 bits per heavy atom. The van der Waals surface area contributed by atoms with Crippen LogP contribution >= 0.6 is 0 Å². The predicted octanol–water partition coefficient (Wildman–Crippen LogP) is 0.462. The van der Waals surface area contributed by atoms with Gasteiger partial charge in [0.2, 0.25) is 0 Å². The van der Waals surface area contributed by atoms with Crippen LogP contribution in [0, 0.1) is 6.92 Å². The summed E-state index contributed by atoms with van der Waals surface area (Å²) in [4.78, 5) is 11.7. The summed E-state index contributed by atoms with van der Waals surface area (Å²) in [6.45, 7) is 1.88. The normalized spacial score (nSPS) is 10.5. The van der Waals surface area contributed by atoms with Crippen LogP contribution < -0.4 is 11.3 Å². The first-order valence-corrected chi connectivity index (χ1v) is 4.57. The Labute approximate surface area is 86.8 Å². The van der Waals surface area contributed by atoms with Crippen molar-refractivity contribution in [3.05, 3.63) is 40.4 Å². The molecule has 0 unspecified atom stereocenters. The lowest BCUT2D eigenvalue weighted by Crippen LogP contribution is -2.21. The zero-order valence-electron chi connectivity index (χ0n) is 8.64. The summed E-state index contributed by atoms with van der Waals surface area (Å²) in [5.41, 5.74) is 6.53. The van der Waals surface area contributed by atoms with Gasteiger partial charge in [-0.05, 0) is 18.6 Å². The van der Waals surface area contributed by atoms with Gasteiger partial charge in [0.05, 0.1) is 5.69 Å². The van der Waals surface area contributed by atoms with Crippen molar-refractivity contribution in [2.45, 2.75) is 6.92 Å². The van der Waals surface area contributed by atoms with Crippen LogP contribution in [0.2, 0.25) is 0 Å². The van der Waals surface area contributed by atoms with Crippen molar-refractivity contribution >= 4 is 5.69 Å². The van der Waals surface area contributed by atoms with Gasteiger partial charge in [-0.3, -0.25) is 14.0 Å². The molecule has 2 aromatic rings. The molecule has 0 fully saturated rings. The largest absolute Gasteiger partial charge is 0.394 e. The quantitative estimate of drug-likeness (QED) is 0.734. The first-order valence-electron chi connectivity index (χ1n) is 4.57. The summed E-state index contributed by atoms with van der Waals surface area (Å²) in [6.07, 6.45) is 3.50. The van der Waals surface area contributed by atoms with Gasteiger partial charge in [0.25, 0.3) is 5.56 Å². The third-order valence-electron chi connectivity index (χ3n) is 2.13. The Kier molecular flexibility index (Phi) is 2.07. The van der Waals surface area contributed by atoms with Crippen molar-refractivity contribution in [3.8, 4) is 5.82 Å². The number of hydrogen-bond donors (Lipinski definition) is 1. The molecule has 15 heavy (non-hydrogen) atoms. The maximum atomic E-state index is 11.7. The minimum Gasteiger partial charge on any atom is -0.394 e. The van der Waals surface area contributed by atoms with E-state index in [2.05, 4.69) is 5.10 Å². The van der Waals surface area contributed by atoms with Crippen molar-refractivity contribution in [1.29, 1.82) is 0 Å². The van der Waals surface area contributed by atoms with Gasteiger partial charge in [-0.2, -0.15) is 5.10 Å². The summed E-state index contributed by atoms with van der Waals surface area (Å²) >= 11 is 0. The Hall–Kier alpha value is -2.04. The van der Waals surface area contributed by atoms with E-state index in [9.17, 15) is 4.79 Å². The molecule has 0 atom stereocenters. The van der Waals surface area contributed by atoms with E-state index < -0.39 is 0 Å². The second-order valence-corrected chi connectivity index (χ2v) is 3.50. The van der Waals surface area contributed by atoms with Gasteiger partial charge in [-0.25, -0.2) is 0 Å². The van der Waals surface area contributed by atoms with Crippen LogP contribution in [0.5, 0.6) is 0 Å². The third-order valence-corrected chi connectivity index (χ3v) is 2.13. The highest BCUT2D eigenvalue weighted by molar-refractivity contribution is 5.40. The fourth-order valence-corrected chi connectivity index (χ4v) is 1.45.